The molecule has 0 bridgehead atoms. The minimum absolute atomic E-state index is 0.267. The molecule has 3 rings (SSSR count). The molecule has 0 saturated heterocycles. The quantitative estimate of drug-likeness (QED) is 0.619. The van der Waals surface area contributed by atoms with Gasteiger partial charge < -0.3 is 14.2 Å². The van der Waals surface area contributed by atoms with Crippen LogP contribution in [0.15, 0.2) is 54.9 Å². The molecule has 0 saturated carbocycles. The minimum Gasteiger partial charge on any atom is -0.493 e. The Balaban J connectivity index is 2.01. The van der Waals surface area contributed by atoms with Crippen LogP contribution in [0.1, 0.15) is 5.56 Å². The molecule has 0 radical (unpaired) electrons. The summed E-state index contributed by atoms with van der Waals surface area (Å²) in [5.41, 5.74) is 1.53. The van der Waals surface area contributed by atoms with E-state index in [4.69, 9.17) is 14.2 Å². The van der Waals surface area contributed by atoms with Crippen molar-refractivity contribution in [2.75, 3.05) is 20.5 Å². The van der Waals surface area contributed by atoms with Gasteiger partial charge in [-0.25, -0.2) is 17.4 Å². The zero-order valence-corrected chi connectivity index (χ0v) is 16.1. The van der Waals surface area contributed by atoms with E-state index in [1.54, 1.807) is 12.1 Å². The largest absolute Gasteiger partial charge is 0.493 e. The molecule has 0 atom stereocenters. The summed E-state index contributed by atoms with van der Waals surface area (Å²) in [5.74, 6) is 1.54. The number of imidazole rings is 1. The maximum absolute atomic E-state index is 12.0. The van der Waals surface area contributed by atoms with Crippen molar-refractivity contribution in [2.24, 2.45) is 0 Å². The first-order valence-electron chi connectivity index (χ1n) is 8.11. The van der Waals surface area contributed by atoms with Gasteiger partial charge in [-0.3, -0.25) is 0 Å². The van der Waals surface area contributed by atoms with E-state index in [1.807, 2.05) is 30.3 Å². The fourth-order valence-electron chi connectivity index (χ4n) is 2.64. The van der Waals surface area contributed by atoms with Gasteiger partial charge in [-0.2, -0.15) is 0 Å². The van der Waals surface area contributed by atoms with Gasteiger partial charge in [-0.05, 0) is 17.7 Å². The summed E-state index contributed by atoms with van der Waals surface area (Å²) in [6.45, 7) is 0.338. The summed E-state index contributed by atoms with van der Waals surface area (Å²) in [6, 6.07) is 13.1. The molecule has 1 aromatic heterocycles. The van der Waals surface area contributed by atoms with Gasteiger partial charge in [0.2, 0.25) is 15.8 Å². The molecule has 0 aliphatic carbocycles. The van der Waals surface area contributed by atoms with Gasteiger partial charge in [0.05, 0.1) is 20.5 Å². The molecule has 0 aliphatic rings. The molecule has 0 amide bonds. The standard InChI is InChI=1S/C19H20N2O5S/c1-24-16-11-15(19-20-9-10-21(19)27(3,22)23)12-17(25-2)18(16)26-13-14-7-5-4-6-8-14/h4-12H,13H2,1-3H3. The SMILES string of the molecule is COc1cc(-c2nccn2S(C)(=O)=O)cc(OC)c1OCc1ccccc1. The Bertz CT molecular complexity index is 1000. The Hall–Kier alpha value is -3.00. The van der Waals surface area contributed by atoms with Crippen LogP contribution in [0, 0.1) is 0 Å². The van der Waals surface area contributed by atoms with Crippen LogP contribution in [0.25, 0.3) is 11.4 Å². The van der Waals surface area contributed by atoms with Crippen molar-refractivity contribution in [1.82, 2.24) is 8.96 Å². The van der Waals surface area contributed by atoms with Gasteiger partial charge in [0, 0.05) is 18.0 Å². The van der Waals surface area contributed by atoms with Crippen LogP contribution in [0.3, 0.4) is 0 Å². The van der Waals surface area contributed by atoms with Gasteiger partial charge in [-0.15, -0.1) is 0 Å². The van der Waals surface area contributed by atoms with Gasteiger partial charge in [0.25, 0.3) is 0 Å². The monoisotopic (exact) mass is 388 g/mol. The first kappa shape index (κ1) is 18.8. The molecule has 8 heteroatoms. The Morgan fingerprint density at radius 3 is 2.22 bits per heavy atom. The van der Waals surface area contributed by atoms with E-state index in [1.165, 1.54) is 26.6 Å². The second-order valence-corrected chi connectivity index (χ2v) is 7.65. The first-order chi connectivity index (χ1) is 12.9. The van der Waals surface area contributed by atoms with E-state index in [2.05, 4.69) is 4.98 Å². The smallest absolute Gasteiger partial charge is 0.237 e. The molecule has 0 aliphatic heterocycles. The highest BCUT2D eigenvalue weighted by molar-refractivity contribution is 7.89. The van der Waals surface area contributed by atoms with Crippen molar-refractivity contribution in [3.63, 3.8) is 0 Å². The molecule has 0 fully saturated rings. The Kier molecular flexibility index (Phi) is 5.36. The molecule has 7 nitrogen and oxygen atoms in total. The fourth-order valence-corrected chi connectivity index (χ4v) is 3.38. The van der Waals surface area contributed by atoms with Crippen LogP contribution in [0.2, 0.25) is 0 Å². The third kappa shape index (κ3) is 4.06. The lowest BCUT2D eigenvalue weighted by molar-refractivity contribution is 0.266. The lowest BCUT2D eigenvalue weighted by atomic mass is 10.1. The van der Waals surface area contributed by atoms with E-state index in [0.717, 1.165) is 15.8 Å². The average Bonchev–Trinajstić information content (AvgIpc) is 3.17. The highest BCUT2D eigenvalue weighted by atomic mass is 32.2. The van der Waals surface area contributed by atoms with Crippen molar-refractivity contribution in [3.8, 4) is 28.6 Å². The van der Waals surface area contributed by atoms with E-state index < -0.39 is 10.0 Å². The molecular weight excluding hydrogens is 368 g/mol. The Morgan fingerprint density at radius 1 is 1.04 bits per heavy atom. The second kappa shape index (κ2) is 7.71. The first-order valence-corrected chi connectivity index (χ1v) is 9.96. The van der Waals surface area contributed by atoms with Crippen LogP contribution in [-0.2, 0) is 16.6 Å². The second-order valence-electron chi connectivity index (χ2n) is 5.79. The summed E-state index contributed by atoms with van der Waals surface area (Å²) >= 11 is 0. The number of benzene rings is 2. The predicted molar refractivity (Wildman–Crippen MR) is 102 cm³/mol. The van der Waals surface area contributed by atoms with Gasteiger partial charge in [0.1, 0.15) is 6.61 Å². The van der Waals surface area contributed by atoms with Crippen molar-refractivity contribution >= 4 is 10.0 Å². The number of ether oxygens (including phenoxy) is 3. The van der Waals surface area contributed by atoms with Crippen molar-refractivity contribution < 1.29 is 22.6 Å². The van der Waals surface area contributed by atoms with Crippen LogP contribution in [0.5, 0.6) is 17.2 Å². The van der Waals surface area contributed by atoms with Crippen molar-refractivity contribution in [1.29, 1.82) is 0 Å². The average molecular weight is 388 g/mol. The number of hydrogen-bond acceptors (Lipinski definition) is 6. The number of methoxy groups -OCH3 is 2. The zero-order chi connectivity index (χ0) is 19.4. The predicted octanol–water partition coefficient (Wildman–Crippen LogP) is 2.95. The van der Waals surface area contributed by atoms with Crippen LogP contribution < -0.4 is 14.2 Å². The summed E-state index contributed by atoms with van der Waals surface area (Å²) in [4.78, 5) is 4.16. The summed E-state index contributed by atoms with van der Waals surface area (Å²) < 4.78 is 41.8. The normalized spacial score (nSPS) is 11.2. The Morgan fingerprint density at radius 2 is 1.67 bits per heavy atom. The minimum atomic E-state index is -3.49. The van der Waals surface area contributed by atoms with Crippen LogP contribution in [-0.4, -0.2) is 37.8 Å². The van der Waals surface area contributed by atoms with E-state index >= 15 is 0 Å². The topological polar surface area (TPSA) is 79.7 Å². The highest BCUT2D eigenvalue weighted by Gasteiger charge is 2.20. The third-order valence-electron chi connectivity index (χ3n) is 3.91. The van der Waals surface area contributed by atoms with Crippen molar-refractivity contribution in [2.45, 2.75) is 6.61 Å². The lowest BCUT2D eigenvalue weighted by Crippen LogP contribution is -2.10. The summed E-state index contributed by atoms with van der Waals surface area (Å²) in [7, 11) is -0.471. The molecule has 142 valence electrons. The molecule has 0 spiro atoms. The van der Waals surface area contributed by atoms with Crippen LogP contribution in [0.4, 0.5) is 0 Å². The maximum atomic E-state index is 12.0. The van der Waals surface area contributed by atoms with Gasteiger partial charge >= 0.3 is 0 Å². The molecule has 27 heavy (non-hydrogen) atoms. The number of nitrogens with zero attached hydrogens (tertiary/aromatic N) is 2. The zero-order valence-electron chi connectivity index (χ0n) is 15.2. The molecule has 3 aromatic rings. The van der Waals surface area contributed by atoms with Crippen molar-refractivity contribution in [3.05, 3.63) is 60.4 Å². The third-order valence-corrected chi connectivity index (χ3v) is 4.92. The van der Waals surface area contributed by atoms with Crippen LogP contribution >= 0.6 is 0 Å². The fraction of sp³-hybridized carbons (Fsp3) is 0.211. The summed E-state index contributed by atoms with van der Waals surface area (Å²) in [5, 5.41) is 0. The Labute approximate surface area is 158 Å². The molecule has 0 unspecified atom stereocenters. The maximum Gasteiger partial charge on any atom is 0.237 e. The van der Waals surface area contributed by atoms with Gasteiger partial charge in [-0.1, -0.05) is 30.3 Å². The van der Waals surface area contributed by atoms with E-state index in [9.17, 15) is 8.42 Å². The molecule has 2 aromatic carbocycles. The number of aromatic nitrogens is 2. The highest BCUT2D eigenvalue weighted by Crippen LogP contribution is 2.41. The van der Waals surface area contributed by atoms with E-state index in [0.29, 0.717) is 29.4 Å². The number of hydrogen-bond donors (Lipinski definition) is 0. The lowest BCUT2D eigenvalue weighted by Gasteiger charge is -2.16. The molecule has 1 heterocycles. The summed E-state index contributed by atoms with van der Waals surface area (Å²) in [6.07, 6.45) is 3.93. The molecule has 0 N–H and O–H groups in total. The number of rotatable bonds is 7. The molecular formula is C19H20N2O5S. The van der Waals surface area contributed by atoms with Gasteiger partial charge in [0.15, 0.2) is 17.3 Å². The van der Waals surface area contributed by atoms with E-state index in [-0.39, 0.29) is 5.82 Å².